The lowest BCUT2D eigenvalue weighted by Gasteiger charge is -2.35. The normalized spacial score (nSPS) is 19.2. The van der Waals surface area contributed by atoms with E-state index in [0.29, 0.717) is 31.8 Å². The summed E-state index contributed by atoms with van der Waals surface area (Å²) in [6.07, 6.45) is 5.81. The van der Waals surface area contributed by atoms with Crippen LogP contribution in [0.15, 0.2) is 42.7 Å². The summed E-state index contributed by atoms with van der Waals surface area (Å²) in [5.41, 5.74) is 2.65. The van der Waals surface area contributed by atoms with Gasteiger partial charge in [-0.15, -0.1) is 0 Å². The summed E-state index contributed by atoms with van der Waals surface area (Å²) >= 11 is 0. The number of benzene rings is 1. The van der Waals surface area contributed by atoms with Crippen LogP contribution >= 0.6 is 0 Å². The monoisotopic (exact) mass is 407 g/mol. The molecule has 1 fully saturated rings. The van der Waals surface area contributed by atoms with Crippen molar-refractivity contribution in [2.24, 2.45) is 7.05 Å². The third-order valence-corrected chi connectivity index (χ3v) is 5.99. The number of aromatic nitrogens is 3. The number of aryl methyl sites for hydroxylation is 1. The van der Waals surface area contributed by atoms with Crippen molar-refractivity contribution in [3.8, 4) is 0 Å². The number of amides is 2. The van der Waals surface area contributed by atoms with Crippen molar-refractivity contribution in [1.29, 1.82) is 0 Å². The Morgan fingerprint density at radius 2 is 2.07 bits per heavy atom. The first-order valence-electron chi connectivity index (χ1n) is 10.4. The van der Waals surface area contributed by atoms with E-state index in [1.807, 2.05) is 57.7 Å². The van der Waals surface area contributed by atoms with Crippen LogP contribution in [-0.2, 0) is 23.2 Å². The van der Waals surface area contributed by atoms with Gasteiger partial charge in [-0.1, -0.05) is 18.2 Å². The number of carbonyl (C=O) groups excluding carboxylic acids is 2. The van der Waals surface area contributed by atoms with E-state index in [1.54, 1.807) is 6.20 Å². The molecule has 0 radical (unpaired) electrons. The molecule has 3 aromatic rings. The lowest BCUT2D eigenvalue weighted by molar-refractivity contribution is -0.198. The average molecular weight is 407 g/mol. The first-order valence-corrected chi connectivity index (χ1v) is 10.4. The highest BCUT2D eigenvalue weighted by molar-refractivity contribution is 6.07. The van der Waals surface area contributed by atoms with Gasteiger partial charge < -0.3 is 9.47 Å². The zero-order valence-corrected chi connectivity index (χ0v) is 17.0. The Balaban J connectivity index is 1.40. The van der Waals surface area contributed by atoms with Crippen LogP contribution < -0.4 is 0 Å². The largest absolute Gasteiger partial charge is 0.350 e. The summed E-state index contributed by atoms with van der Waals surface area (Å²) in [7, 11) is 1.95. The van der Waals surface area contributed by atoms with E-state index in [1.165, 1.54) is 5.06 Å². The Bertz CT molecular complexity index is 1100. The summed E-state index contributed by atoms with van der Waals surface area (Å²) in [6.45, 7) is 2.12. The lowest BCUT2D eigenvalue weighted by atomic mass is 10.1. The zero-order valence-electron chi connectivity index (χ0n) is 17.0. The molecular formula is C22H25N5O3. The van der Waals surface area contributed by atoms with Gasteiger partial charge in [-0.05, 0) is 25.0 Å². The summed E-state index contributed by atoms with van der Waals surface area (Å²) in [5, 5.41) is 6.83. The van der Waals surface area contributed by atoms with Gasteiger partial charge in [0.2, 0.25) is 5.91 Å². The Morgan fingerprint density at radius 3 is 2.90 bits per heavy atom. The van der Waals surface area contributed by atoms with Crippen LogP contribution in [0, 0.1) is 0 Å². The standard InChI is InChI=1S/C22H25N5O3/c1-24-15-19(18-6-2-3-7-20(18)24)22(29)25-13-16-8-9-23-27(16)17(14-25)12-21(28)26-10-4-5-11-30-26/h2-3,6-9,15,17H,4-5,10-14H2,1H3. The number of hydrogen-bond donors (Lipinski definition) is 0. The minimum absolute atomic E-state index is 0.0223. The fourth-order valence-electron chi connectivity index (χ4n) is 4.47. The number of hydroxylamine groups is 2. The van der Waals surface area contributed by atoms with Crippen molar-refractivity contribution in [2.75, 3.05) is 19.7 Å². The van der Waals surface area contributed by atoms with Gasteiger partial charge in [-0.25, -0.2) is 5.06 Å². The molecule has 0 N–H and O–H groups in total. The molecule has 156 valence electrons. The van der Waals surface area contributed by atoms with Gasteiger partial charge >= 0.3 is 0 Å². The highest BCUT2D eigenvalue weighted by Gasteiger charge is 2.33. The highest BCUT2D eigenvalue weighted by Crippen LogP contribution is 2.28. The number of nitrogens with zero attached hydrogens (tertiary/aromatic N) is 5. The maximum atomic E-state index is 13.5. The third kappa shape index (κ3) is 3.27. The van der Waals surface area contributed by atoms with E-state index in [4.69, 9.17) is 4.84 Å². The highest BCUT2D eigenvalue weighted by atomic mass is 16.7. The molecule has 2 amide bonds. The number of fused-ring (bicyclic) bond motifs is 2. The minimum atomic E-state index is -0.208. The van der Waals surface area contributed by atoms with E-state index in [-0.39, 0.29) is 24.3 Å². The maximum Gasteiger partial charge on any atom is 0.256 e. The molecule has 30 heavy (non-hydrogen) atoms. The van der Waals surface area contributed by atoms with E-state index >= 15 is 0 Å². The van der Waals surface area contributed by atoms with Crippen molar-refractivity contribution in [2.45, 2.75) is 31.8 Å². The summed E-state index contributed by atoms with van der Waals surface area (Å²) < 4.78 is 3.86. The first kappa shape index (κ1) is 18.9. The molecule has 5 rings (SSSR count). The molecule has 1 atom stereocenters. The summed E-state index contributed by atoms with van der Waals surface area (Å²) in [5.74, 6) is -0.0773. The van der Waals surface area contributed by atoms with Crippen molar-refractivity contribution in [1.82, 2.24) is 24.3 Å². The quantitative estimate of drug-likeness (QED) is 0.669. The van der Waals surface area contributed by atoms with Crippen molar-refractivity contribution >= 4 is 22.7 Å². The van der Waals surface area contributed by atoms with Crippen molar-refractivity contribution in [3.63, 3.8) is 0 Å². The molecule has 2 aromatic heterocycles. The Kier molecular flexibility index (Phi) is 4.78. The molecule has 2 aliphatic rings. The van der Waals surface area contributed by atoms with E-state index in [9.17, 15) is 9.59 Å². The van der Waals surface area contributed by atoms with Crippen molar-refractivity contribution in [3.05, 3.63) is 54.0 Å². The van der Waals surface area contributed by atoms with Crippen LogP contribution in [0.5, 0.6) is 0 Å². The topological polar surface area (TPSA) is 72.6 Å². The van der Waals surface area contributed by atoms with E-state index in [0.717, 1.165) is 29.4 Å². The van der Waals surface area contributed by atoms with Gasteiger partial charge in [-0.2, -0.15) is 5.10 Å². The average Bonchev–Trinajstić information content (AvgIpc) is 3.39. The van der Waals surface area contributed by atoms with Crippen LogP contribution in [-0.4, -0.2) is 55.8 Å². The van der Waals surface area contributed by atoms with Gasteiger partial charge in [0.25, 0.3) is 5.91 Å². The molecule has 1 saturated heterocycles. The van der Waals surface area contributed by atoms with Gasteiger partial charge in [0.1, 0.15) is 0 Å². The first-order chi connectivity index (χ1) is 14.6. The van der Waals surface area contributed by atoms with Gasteiger partial charge in [0.05, 0.1) is 36.9 Å². The molecule has 8 nitrogen and oxygen atoms in total. The molecule has 1 unspecified atom stereocenters. The Hall–Kier alpha value is -3.13. The van der Waals surface area contributed by atoms with Crippen LogP contribution in [0.4, 0.5) is 0 Å². The number of rotatable bonds is 3. The fraction of sp³-hybridized carbons (Fsp3) is 0.409. The molecule has 0 aliphatic carbocycles. The predicted octanol–water partition coefficient (Wildman–Crippen LogP) is 2.52. The van der Waals surface area contributed by atoms with Crippen LogP contribution in [0.1, 0.15) is 41.4 Å². The third-order valence-electron chi connectivity index (χ3n) is 5.99. The molecule has 0 spiro atoms. The van der Waals surface area contributed by atoms with Gasteiger partial charge in [-0.3, -0.25) is 19.1 Å². The minimum Gasteiger partial charge on any atom is -0.350 e. The SMILES string of the molecule is Cn1cc(C(=O)N2Cc3ccnn3C(CC(=O)N3CCCCO3)C2)c2ccccc21. The lowest BCUT2D eigenvalue weighted by Crippen LogP contribution is -2.44. The van der Waals surface area contributed by atoms with E-state index in [2.05, 4.69) is 5.10 Å². The number of hydrogen-bond acceptors (Lipinski definition) is 4. The van der Waals surface area contributed by atoms with E-state index < -0.39 is 0 Å². The zero-order chi connectivity index (χ0) is 20.7. The van der Waals surface area contributed by atoms with Crippen molar-refractivity contribution < 1.29 is 14.4 Å². The second kappa shape index (κ2) is 7.60. The molecule has 4 heterocycles. The second-order valence-electron chi connectivity index (χ2n) is 8.02. The molecule has 2 aliphatic heterocycles. The smallest absolute Gasteiger partial charge is 0.256 e. The predicted molar refractivity (Wildman–Crippen MR) is 110 cm³/mol. The van der Waals surface area contributed by atoms with Gasteiger partial charge in [0, 0.05) is 43.4 Å². The van der Waals surface area contributed by atoms with Crippen LogP contribution in [0.25, 0.3) is 10.9 Å². The Morgan fingerprint density at radius 1 is 1.20 bits per heavy atom. The van der Waals surface area contributed by atoms with Crippen LogP contribution in [0.2, 0.25) is 0 Å². The number of carbonyl (C=O) groups is 2. The Labute approximate surface area is 174 Å². The van der Waals surface area contributed by atoms with Crippen LogP contribution in [0.3, 0.4) is 0 Å². The fourth-order valence-corrected chi connectivity index (χ4v) is 4.47. The molecule has 0 bridgehead atoms. The summed E-state index contributed by atoms with van der Waals surface area (Å²) in [6, 6.07) is 9.62. The second-order valence-corrected chi connectivity index (χ2v) is 8.02. The molecule has 0 saturated carbocycles. The molecule has 1 aromatic carbocycles. The summed E-state index contributed by atoms with van der Waals surface area (Å²) in [4.78, 5) is 33.6. The van der Waals surface area contributed by atoms with Gasteiger partial charge in [0.15, 0.2) is 0 Å². The maximum absolute atomic E-state index is 13.5. The molecular weight excluding hydrogens is 382 g/mol. The number of para-hydroxylation sites is 1. The molecule has 8 heteroatoms.